The number of alkyl halides is 3. The highest BCUT2D eigenvalue weighted by Gasteiger charge is 2.40. The number of hydrogen-bond donors (Lipinski definition) is 1. The number of aliphatic hydroxyl groups is 1. The van der Waals surface area contributed by atoms with E-state index in [1.165, 1.54) is 14.0 Å². The van der Waals surface area contributed by atoms with Crippen molar-refractivity contribution in [1.82, 2.24) is 24.4 Å². The van der Waals surface area contributed by atoms with E-state index in [9.17, 15) is 23.1 Å². The Morgan fingerprint density at radius 3 is 2.56 bits per heavy atom. The third-order valence-corrected chi connectivity index (χ3v) is 8.05. The van der Waals surface area contributed by atoms with Gasteiger partial charge < -0.3 is 19.2 Å². The first-order chi connectivity index (χ1) is 20.6. The van der Waals surface area contributed by atoms with Crippen LogP contribution in [0.4, 0.5) is 13.2 Å². The molecule has 2 aromatic carbocycles. The van der Waals surface area contributed by atoms with Crippen molar-refractivity contribution in [3.05, 3.63) is 83.4 Å². The predicted octanol–water partition coefficient (Wildman–Crippen LogP) is 5.36. The van der Waals surface area contributed by atoms with E-state index < -0.39 is 23.8 Å². The van der Waals surface area contributed by atoms with Crippen LogP contribution in [0.15, 0.2) is 65.2 Å². The molecule has 0 radical (unpaired) electrons. The standard InChI is InChI=1S/C31H30F3N5O4/c1-18-16-37(24(17-40)26-14-21-6-4-5-7-25(21)43-26)12-13-38(18)30(41)23-15-35-39-28(31(32,33)34)19(2)27(36-29(23)39)20-8-10-22(42-3)11-9-20/h4-11,14-15,18,24,40H,12-13,16-17H2,1-3H3/t18-,24+/m1/s1. The Morgan fingerprint density at radius 1 is 1.16 bits per heavy atom. The summed E-state index contributed by atoms with van der Waals surface area (Å²) in [5, 5.41) is 15.2. The number of halogens is 3. The number of carbonyl (C=O) groups excluding carboxylic acids is 1. The van der Waals surface area contributed by atoms with Gasteiger partial charge in [0, 0.05) is 42.2 Å². The van der Waals surface area contributed by atoms with E-state index in [1.54, 1.807) is 29.2 Å². The number of methoxy groups -OCH3 is 1. The molecule has 0 unspecified atom stereocenters. The Balaban J connectivity index is 1.31. The number of hydrogen-bond acceptors (Lipinski definition) is 7. The highest BCUT2D eigenvalue weighted by molar-refractivity contribution is 6.00. The van der Waals surface area contributed by atoms with Crippen LogP contribution in [-0.4, -0.2) is 74.8 Å². The molecular weight excluding hydrogens is 563 g/mol. The molecule has 0 bridgehead atoms. The molecule has 6 rings (SSSR count). The van der Waals surface area contributed by atoms with E-state index in [1.807, 2.05) is 42.2 Å². The number of piperazine rings is 1. The second kappa shape index (κ2) is 11.0. The largest absolute Gasteiger partial charge is 0.497 e. The summed E-state index contributed by atoms with van der Waals surface area (Å²) in [6.45, 7) is 4.17. The third-order valence-electron chi connectivity index (χ3n) is 8.05. The van der Waals surface area contributed by atoms with Gasteiger partial charge in [-0.2, -0.15) is 18.3 Å². The van der Waals surface area contributed by atoms with Crippen LogP contribution in [0.1, 0.15) is 40.3 Å². The number of benzene rings is 2. The van der Waals surface area contributed by atoms with Gasteiger partial charge in [0.2, 0.25) is 0 Å². The topological polar surface area (TPSA) is 96.3 Å². The summed E-state index contributed by atoms with van der Waals surface area (Å²) >= 11 is 0. The first-order valence-electron chi connectivity index (χ1n) is 13.8. The van der Waals surface area contributed by atoms with Gasteiger partial charge >= 0.3 is 6.18 Å². The molecule has 1 aliphatic heterocycles. The van der Waals surface area contributed by atoms with Crippen molar-refractivity contribution in [3.63, 3.8) is 0 Å². The van der Waals surface area contributed by atoms with Crippen molar-refractivity contribution >= 4 is 22.5 Å². The Morgan fingerprint density at radius 2 is 1.91 bits per heavy atom. The number of furan rings is 1. The van der Waals surface area contributed by atoms with Crippen LogP contribution in [0.2, 0.25) is 0 Å². The molecule has 5 aromatic rings. The fourth-order valence-electron chi connectivity index (χ4n) is 5.86. The van der Waals surface area contributed by atoms with Crippen LogP contribution in [0.3, 0.4) is 0 Å². The molecule has 1 N–H and O–H groups in total. The fourth-order valence-corrected chi connectivity index (χ4v) is 5.86. The molecule has 0 spiro atoms. The molecule has 1 fully saturated rings. The minimum absolute atomic E-state index is 0.0171. The molecule has 0 aliphatic carbocycles. The number of aromatic nitrogens is 3. The van der Waals surface area contributed by atoms with Gasteiger partial charge in [-0.1, -0.05) is 18.2 Å². The molecule has 4 heterocycles. The molecular formula is C31H30F3N5O4. The zero-order valence-corrected chi connectivity index (χ0v) is 23.8. The van der Waals surface area contributed by atoms with E-state index in [2.05, 4.69) is 10.1 Å². The SMILES string of the molecule is COc1ccc(-c2nc3c(C(=O)N4CCN([C@@H](CO)c5cc6ccccc6o5)C[C@H]4C)cnn3c(C(F)(F)F)c2C)cc1. The average Bonchev–Trinajstić information content (AvgIpc) is 3.60. The summed E-state index contributed by atoms with van der Waals surface area (Å²) in [6, 6.07) is 15.3. The third kappa shape index (κ3) is 5.10. The summed E-state index contributed by atoms with van der Waals surface area (Å²) in [5.74, 6) is 0.718. The zero-order valence-electron chi connectivity index (χ0n) is 23.8. The van der Waals surface area contributed by atoms with Gasteiger partial charge in [-0.3, -0.25) is 9.69 Å². The number of amides is 1. The highest BCUT2D eigenvalue weighted by Crippen LogP contribution is 2.37. The second-order valence-corrected chi connectivity index (χ2v) is 10.7. The first-order valence-corrected chi connectivity index (χ1v) is 13.8. The normalized spacial score (nSPS) is 17.1. The first kappa shape index (κ1) is 28.7. The van der Waals surface area contributed by atoms with Crippen LogP contribution in [0, 0.1) is 6.92 Å². The Labute approximate surface area is 245 Å². The lowest BCUT2D eigenvalue weighted by Crippen LogP contribution is -2.55. The zero-order chi connectivity index (χ0) is 30.5. The monoisotopic (exact) mass is 593 g/mol. The van der Waals surface area contributed by atoms with Crippen molar-refractivity contribution in [2.24, 2.45) is 0 Å². The molecule has 224 valence electrons. The molecule has 1 saturated heterocycles. The minimum Gasteiger partial charge on any atom is -0.497 e. The van der Waals surface area contributed by atoms with Crippen molar-refractivity contribution in [2.45, 2.75) is 32.1 Å². The van der Waals surface area contributed by atoms with Crippen molar-refractivity contribution < 1.29 is 32.2 Å². The van der Waals surface area contributed by atoms with E-state index in [-0.39, 0.29) is 41.7 Å². The van der Waals surface area contributed by atoms with Gasteiger partial charge in [-0.15, -0.1) is 0 Å². The molecule has 0 saturated carbocycles. The summed E-state index contributed by atoms with van der Waals surface area (Å²) in [4.78, 5) is 22.1. The number of ether oxygens (including phenoxy) is 1. The maximum Gasteiger partial charge on any atom is 0.433 e. The van der Waals surface area contributed by atoms with E-state index in [4.69, 9.17) is 9.15 Å². The Bertz CT molecular complexity index is 1760. The quantitative estimate of drug-likeness (QED) is 0.283. The van der Waals surface area contributed by atoms with Gasteiger partial charge in [0.05, 0.1) is 31.6 Å². The predicted molar refractivity (Wildman–Crippen MR) is 153 cm³/mol. The van der Waals surface area contributed by atoms with Crippen molar-refractivity contribution in [2.75, 3.05) is 33.4 Å². The Hall–Kier alpha value is -4.42. The second-order valence-electron chi connectivity index (χ2n) is 10.7. The number of para-hydroxylation sites is 1. The van der Waals surface area contributed by atoms with Gasteiger partial charge in [0.15, 0.2) is 11.3 Å². The number of rotatable bonds is 6. The molecule has 2 atom stereocenters. The molecule has 3 aromatic heterocycles. The van der Waals surface area contributed by atoms with E-state index in [0.717, 1.165) is 17.2 Å². The molecule has 1 aliphatic rings. The van der Waals surface area contributed by atoms with Gasteiger partial charge in [0.1, 0.15) is 22.7 Å². The van der Waals surface area contributed by atoms with Gasteiger partial charge in [-0.25, -0.2) is 9.50 Å². The van der Waals surface area contributed by atoms with Crippen molar-refractivity contribution in [1.29, 1.82) is 0 Å². The Kier molecular flexibility index (Phi) is 7.35. The number of nitrogens with zero attached hydrogens (tertiary/aromatic N) is 5. The van der Waals surface area contributed by atoms with Crippen LogP contribution in [0.5, 0.6) is 5.75 Å². The van der Waals surface area contributed by atoms with Crippen LogP contribution in [-0.2, 0) is 6.18 Å². The van der Waals surface area contributed by atoms with Crippen LogP contribution in [0.25, 0.3) is 27.9 Å². The maximum atomic E-state index is 14.3. The molecule has 1 amide bonds. The molecule has 43 heavy (non-hydrogen) atoms. The summed E-state index contributed by atoms with van der Waals surface area (Å²) in [5.41, 5.74) is 0.00285. The highest BCUT2D eigenvalue weighted by atomic mass is 19.4. The lowest BCUT2D eigenvalue weighted by molar-refractivity contribution is -0.143. The lowest BCUT2D eigenvalue weighted by Gasteiger charge is -2.42. The number of aliphatic hydroxyl groups excluding tert-OH is 1. The number of carbonyl (C=O) groups is 1. The minimum atomic E-state index is -4.74. The van der Waals surface area contributed by atoms with Gasteiger partial charge in [-0.05, 0) is 50.2 Å². The smallest absolute Gasteiger partial charge is 0.433 e. The molecule has 12 heteroatoms. The van der Waals surface area contributed by atoms with Crippen LogP contribution < -0.4 is 4.74 Å². The van der Waals surface area contributed by atoms with Crippen LogP contribution >= 0.6 is 0 Å². The number of fused-ring (bicyclic) bond motifs is 2. The summed E-state index contributed by atoms with van der Waals surface area (Å²) in [7, 11) is 1.50. The summed E-state index contributed by atoms with van der Waals surface area (Å²) < 4.78 is 54.9. The fraction of sp³-hybridized carbons (Fsp3) is 0.323. The van der Waals surface area contributed by atoms with E-state index in [0.29, 0.717) is 34.7 Å². The molecule has 9 nitrogen and oxygen atoms in total. The maximum absolute atomic E-state index is 14.3. The van der Waals surface area contributed by atoms with Gasteiger partial charge in [0.25, 0.3) is 5.91 Å². The summed E-state index contributed by atoms with van der Waals surface area (Å²) in [6.07, 6.45) is -3.59. The van der Waals surface area contributed by atoms with Crippen molar-refractivity contribution in [3.8, 4) is 17.0 Å². The lowest BCUT2D eigenvalue weighted by atomic mass is 10.0. The van der Waals surface area contributed by atoms with E-state index >= 15 is 0 Å². The average molecular weight is 594 g/mol.